The summed E-state index contributed by atoms with van der Waals surface area (Å²) < 4.78 is 0. The smallest absolute Gasteiger partial charge is 0.0712 e. The Morgan fingerprint density at radius 2 is 1.80 bits per heavy atom. The minimum atomic E-state index is -0.235. The predicted molar refractivity (Wildman–Crippen MR) is 64.9 cm³/mol. The molecule has 2 heteroatoms. The molecule has 0 aromatic rings. The van der Waals surface area contributed by atoms with Crippen LogP contribution >= 0.6 is 0 Å². The van der Waals surface area contributed by atoms with E-state index in [4.69, 9.17) is 0 Å². The molecule has 0 aromatic carbocycles. The van der Waals surface area contributed by atoms with Crippen molar-refractivity contribution >= 4 is 0 Å². The number of aliphatic hydroxyl groups excluding tert-OH is 1. The van der Waals surface area contributed by atoms with Crippen molar-refractivity contribution in [3.63, 3.8) is 0 Å². The standard InChI is InChI=1S/C13H27NO/c1-13(2,3)12(15)10-14-9-11-7-5-4-6-8-11/h11-12,14-15H,4-10H2,1-3H3. The highest BCUT2D eigenvalue weighted by Gasteiger charge is 2.22. The number of hydrogen-bond acceptors (Lipinski definition) is 2. The molecule has 1 saturated carbocycles. The van der Waals surface area contributed by atoms with E-state index in [1.54, 1.807) is 0 Å². The molecular formula is C13H27NO. The summed E-state index contributed by atoms with van der Waals surface area (Å²) in [5, 5.41) is 13.3. The third-order valence-electron chi connectivity index (χ3n) is 3.50. The first-order valence-corrected chi connectivity index (χ1v) is 6.39. The lowest BCUT2D eigenvalue weighted by Crippen LogP contribution is -2.38. The van der Waals surface area contributed by atoms with Gasteiger partial charge in [0.15, 0.2) is 0 Å². The van der Waals surface area contributed by atoms with E-state index in [2.05, 4.69) is 26.1 Å². The lowest BCUT2D eigenvalue weighted by atomic mass is 9.88. The summed E-state index contributed by atoms with van der Waals surface area (Å²) in [5.74, 6) is 0.853. The molecule has 1 aliphatic carbocycles. The van der Waals surface area contributed by atoms with Crippen LogP contribution in [-0.2, 0) is 0 Å². The first-order chi connectivity index (χ1) is 7.00. The molecule has 2 N–H and O–H groups in total. The van der Waals surface area contributed by atoms with Gasteiger partial charge in [-0.05, 0) is 30.7 Å². The van der Waals surface area contributed by atoms with Gasteiger partial charge in [0.05, 0.1) is 6.10 Å². The average molecular weight is 213 g/mol. The second-order valence-electron chi connectivity index (χ2n) is 6.04. The minimum Gasteiger partial charge on any atom is -0.391 e. The van der Waals surface area contributed by atoms with Crippen LogP contribution in [0.2, 0.25) is 0 Å². The Hall–Kier alpha value is -0.0800. The maximum atomic E-state index is 9.85. The molecule has 0 spiro atoms. The van der Waals surface area contributed by atoms with Crippen LogP contribution in [0.1, 0.15) is 52.9 Å². The van der Waals surface area contributed by atoms with Gasteiger partial charge in [-0.3, -0.25) is 0 Å². The highest BCUT2D eigenvalue weighted by Crippen LogP contribution is 2.23. The topological polar surface area (TPSA) is 32.3 Å². The Morgan fingerprint density at radius 3 is 2.33 bits per heavy atom. The summed E-state index contributed by atoms with van der Waals surface area (Å²) in [4.78, 5) is 0. The largest absolute Gasteiger partial charge is 0.391 e. The van der Waals surface area contributed by atoms with Crippen molar-refractivity contribution in [3.8, 4) is 0 Å². The van der Waals surface area contributed by atoms with Gasteiger partial charge in [0.1, 0.15) is 0 Å². The second-order valence-corrected chi connectivity index (χ2v) is 6.04. The molecule has 2 nitrogen and oxygen atoms in total. The maximum Gasteiger partial charge on any atom is 0.0712 e. The molecule has 1 fully saturated rings. The molecule has 1 rings (SSSR count). The first-order valence-electron chi connectivity index (χ1n) is 6.39. The van der Waals surface area contributed by atoms with Crippen LogP contribution < -0.4 is 5.32 Å². The van der Waals surface area contributed by atoms with Crippen LogP contribution in [0, 0.1) is 11.3 Å². The van der Waals surface area contributed by atoms with Crippen molar-refractivity contribution in [2.45, 2.75) is 59.0 Å². The third kappa shape index (κ3) is 4.98. The zero-order valence-electron chi connectivity index (χ0n) is 10.6. The molecule has 1 unspecified atom stereocenters. The zero-order chi connectivity index (χ0) is 11.3. The molecule has 0 aromatic heterocycles. The van der Waals surface area contributed by atoms with E-state index in [0.29, 0.717) is 0 Å². The van der Waals surface area contributed by atoms with E-state index in [1.165, 1.54) is 32.1 Å². The lowest BCUT2D eigenvalue weighted by Gasteiger charge is -2.28. The van der Waals surface area contributed by atoms with Crippen molar-refractivity contribution in [2.24, 2.45) is 11.3 Å². The fraction of sp³-hybridized carbons (Fsp3) is 1.00. The van der Waals surface area contributed by atoms with E-state index >= 15 is 0 Å². The van der Waals surface area contributed by atoms with Crippen LogP contribution in [0.3, 0.4) is 0 Å². The number of nitrogens with one attached hydrogen (secondary N) is 1. The Bertz CT molecular complexity index is 168. The maximum absolute atomic E-state index is 9.85. The Balaban J connectivity index is 2.10. The lowest BCUT2D eigenvalue weighted by molar-refractivity contribution is 0.0618. The summed E-state index contributed by atoms with van der Waals surface area (Å²) in [6, 6.07) is 0. The Kier molecular flexibility index (Phi) is 5.07. The average Bonchev–Trinajstić information content (AvgIpc) is 2.18. The third-order valence-corrected chi connectivity index (χ3v) is 3.50. The van der Waals surface area contributed by atoms with Gasteiger partial charge in [0.25, 0.3) is 0 Å². The monoisotopic (exact) mass is 213 g/mol. The molecule has 90 valence electrons. The molecule has 0 aliphatic heterocycles. The van der Waals surface area contributed by atoms with E-state index < -0.39 is 0 Å². The van der Waals surface area contributed by atoms with Crippen molar-refractivity contribution in [2.75, 3.05) is 13.1 Å². The Labute approximate surface area is 94.5 Å². The molecule has 0 amide bonds. The molecule has 0 bridgehead atoms. The quantitative estimate of drug-likeness (QED) is 0.752. The summed E-state index contributed by atoms with van der Waals surface area (Å²) >= 11 is 0. The SMILES string of the molecule is CC(C)(C)C(O)CNCC1CCCCC1. The van der Waals surface area contributed by atoms with Crippen molar-refractivity contribution in [1.82, 2.24) is 5.32 Å². The van der Waals surface area contributed by atoms with Crippen molar-refractivity contribution < 1.29 is 5.11 Å². The van der Waals surface area contributed by atoms with Gasteiger partial charge in [0.2, 0.25) is 0 Å². The molecule has 0 saturated heterocycles. The molecule has 1 atom stereocenters. The number of rotatable bonds is 4. The van der Waals surface area contributed by atoms with Crippen LogP contribution in [0.15, 0.2) is 0 Å². The highest BCUT2D eigenvalue weighted by atomic mass is 16.3. The van der Waals surface area contributed by atoms with E-state index in [0.717, 1.165) is 19.0 Å². The summed E-state index contributed by atoms with van der Waals surface area (Å²) in [6.07, 6.45) is 6.72. The molecule has 0 radical (unpaired) electrons. The van der Waals surface area contributed by atoms with Gasteiger partial charge < -0.3 is 10.4 Å². The van der Waals surface area contributed by atoms with E-state index in [-0.39, 0.29) is 11.5 Å². The van der Waals surface area contributed by atoms with Gasteiger partial charge in [-0.25, -0.2) is 0 Å². The van der Waals surface area contributed by atoms with Crippen molar-refractivity contribution in [1.29, 1.82) is 0 Å². The summed E-state index contributed by atoms with van der Waals surface area (Å²) in [7, 11) is 0. The zero-order valence-corrected chi connectivity index (χ0v) is 10.6. The van der Waals surface area contributed by atoms with Crippen molar-refractivity contribution in [3.05, 3.63) is 0 Å². The summed E-state index contributed by atoms with van der Waals surface area (Å²) in [5.41, 5.74) is -0.000432. The van der Waals surface area contributed by atoms with Gasteiger partial charge >= 0.3 is 0 Å². The molecule has 0 heterocycles. The van der Waals surface area contributed by atoms with Gasteiger partial charge in [-0.2, -0.15) is 0 Å². The summed E-state index contributed by atoms with van der Waals surface area (Å²) in [6.45, 7) is 8.08. The number of hydrogen-bond donors (Lipinski definition) is 2. The van der Waals surface area contributed by atoms with E-state index in [1.807, 2.05) is 0 Å². The normalized spacial score (nSPS) is 21.6. The Morgan fingerprint density at radius 1 is 1.20 bits per heavy atom. The second kappa shape index (κ2) is 5.86. The van der Waals surface area contributed by atoms with Gasteiger partial charge in [-0.15, -0.1) is 0 Å². The highest BCUT2D eigenvalue weighted by molar-refractivity contribution is 4.76. The first kappa shape index (κ1) is 13.0. The molecule has 15 heavy (non-hydrogen) atoms. The van der Waals surface area contributed by atoms with E-state index in [9.17, 15) is 5.11 Å². The van der Waals surface area contributed by atoms with Gasteiger partial charge in [0, 0.05) is 6.54 Å². The minimum absolute atomic E-state index is 0.000432. The molecule has 1 aliphatic rings. The number of aliphatic hydroxyl groups is 1. The molecular weight excluding hydrogens is 186 g/mol. The fourth-order valence-electron chi connectivity index (χ4n) is 2.12. The van der Waals surface area contributed by atoms with Crippen LogP contribution in [0.4, 0.5) is 0 Å². The van der Waals surface area contributed by atoms with Crippen LogP contribution in [-0.4, -0.2) is 24.3 Å². The van der Waals surface area contributed by atoms with Crippen LogP contribution in [0.5, 0.6) is 0 Å². The predicted octanol–water partition coefficient (Wildman–Crippen LogP) is 2.56. The van der Waals surface area contributed by atoms with Gasteiger partial charge in [-0.1, -0.05) is 40.0 Å². The fourth-order valence-corrected chi connectivity index (χ4v) is 2.12. The van der Waals surface area contributed by atoms with Crippen LogP contribution in [0.25, 0.3) is 0 Å².